The van der Waals surface area contributed by atoms with Gasteiger partial charge in [0.05, 0.1) is 18.8 Å². The van der Waals surface area contributed by atoms with Gasteiger partial charge in [-0.1, -0.05) is 12.1 Å². The van der Waals surface area contributed by atoms with E-state index in [4.69, 9.17) is 15.2 Å². The molecule has 1 aliphatic heterocycles. The van der Waals surface area contributed by atoms with E-state index in [1.807, 2.05) is 12.1 Å². The number of carbonyl (C=O) groups is 1. The van der Waals surface area contributed by atoms with Crippen LogP contribution in [0.2, 0.25) is 0 Å². The first kappa shape index (κ1) is 13.1. The Kier molecular flexibility index (Phi) is 4.73. The summed E-state index contributed by atoms with van der Waals surface area (Å²) in [7, 11) is 0. The molecular formula is C14H19NO3. The Labute approximate surface area is 107 Å². The largest absolute Gasteiger partial charge is 0.459 e. The van der Waals surface area contributed by atoms with E-state index in [0.717, 1.165) is 24.8 Å². The lowest BCUT2D eigenvalue weighted by atomic mass is 10.1. The molecule has 1 heterocycles. The first-order valence-corrected chi connectivity index (χ1v) is 6.37. The average Bonchev–Trinajstić information content (AvgIpc) is 2.41. The third-order valence-electron chi connectivity index (χ3n) is 3.06. The SMILES string of the molecule is NCCc1ccc(C(=O)OC2CCOCC2)cc1. The highest BCUT2D eigenvalue weighted by Gasteiger charge is 2.18. The summed E-state index contributed by atoms with van der Waals surface area (Å²) in [4.78, 5) is 11.9. The Morgan fingerprint density at radius 2 is 1.94 bits per heavy atom. The fourth-order valence-electron chi connectivity index (χ4n) is 1.99. The van der Waals surface area contributed by atoms with Crippen molar-refractivity contribution >= 4 is 5.97 Å². The van der Waals surface area contributed by atoms with Gasteiger partial charge in [0.15, 0.2) is 0 Å². The minimum Gasteiger partial charge on any atom is -0.459 e. The first-order chi connectivity index (χ1) is 8.79. The van der Waals surface area contributed by atoms with Gasteiger partial charge in [-0.2, -0.15) is 0 Å². The summed E-state index contributed by atoms with van der Waals surface area (Å²) >= 11 is 0. The molecule has 1 aliphatic rings. The lowest BCUT2D eigenvalue weighted by molar-refractivity contribution is -0.0159. The topological polar surface area (TPSA) is 61.6 Å². The van der Waals surface area contributed by atoms with Crippen LogP contribution in [0.4, 0.5) is 0 Å². The first-order valence-electron chi connectivity index (χ1n) is 6.37. The number of ether oxygens (including phenoxy) is 2. The predicted molar refractivity (Wildman–Crippen MR) is 68.5 cm³/mol. The van der Waals surface area contributed by atoms with Crippen LogP contribution in [0.1, 0.15) is 28.8 Å². The molecule has 98 valence electrons. The molecule has 0 amide bonds. The van der Waals surface area contributed by atoms with Gasteiger partial charge in [-0.25, -0.2) is 4.79 Å². The highest BCUT2D eigenvalue weighted by molar-refractivity contribution is 5.89. The molecule has 0 aliphatic carbocycles. The molecule has 1 fully saturated rings. The Hall–Kier alpha value is -1.39. The van der Waals surface area contributed by atoms with E-state index in [1.54, 1.807) is 12.1 Å². The van der Waals surface area contributed by atoms with E-state index in [0.29, 0.717) is 25.3 Å². The number of hydrogen-bond acceptors (Lipinski definition) is 4. The Morgan fingerprint density at radius 1 is 1.28 bits per heavy atom. The fraction of sp³-hybridized carbons (Fsp3) is 0.500. The van der Waals surface area contributed by atoms with Gasteiger partial charge in [0.25, 0.3) is 0 Å². The van der Waals surface area contributed by atoms with Gasteiger partial charge < -0.3 is 15.2 Å². The maximum Gasteiger partial charge on any atom is 0.338 e. The summed E-state index contributed by atoms with van der Waals surface area (Å²) in [5.41, 5.74) is 7.22. The van der Waals surface area contributed by atoms with E-state index >= 15 is 0 Å². The Morgan fingerprint density at radius 3 is 2.56 bits per heavy atom. The monoisotopic (exact) mass is 249 g/mol. The zero-order valence-electron chi connectivity index (χ0n) is 10.4. The summed E-state index contributed by atoms with van der Waals surface area (Å²) in [5, 5.41) is 0. The lowest BCUT2D eigenvalue weighted by Crippen LogP contribution is -2.26. The number of hydrogen-bond donors (Lipinski definition) is 1. The Balaban J connectivity index is 1.91. The molecule has 1 aromatic carbocycles. The fourth-order valence-corrected chi connectivity index (χ4v) is 1.99. The van der Waals surface area contributed by atoms with Crippen molar-refractivity contribution in [1.29, 1.82) is 0 Å². The molecule has 0 spiro atoms. The van der Waals surface area contributed by atoms with Crippen LogP contribution in [0.5, 0.6) is 0 Å². The predicted octanol–water partition coefficient (Wildman–Crippen LogP) is 1.52. The van der Waals surface area contributed by atoms with Gasteiger partial charge in [-0.05, 0) is 30.7 Å². The van der Waals surface area contributed by atoms with Crippen molar-refractivity contribution in [3.05, 3.63) is 35.4 Å². The van der Waals surface area contributed by atoms with Crippen LogP contribution in [-0.2, 0) is 15.9 Å². The van der Waals surface area contributed by atoms with Crippen LogP contribution in [0.15, 0.2) is 24.3 Å². The smallest absolute Gasteiger partial charge is 0.338 e. The van der Waals surface area contributed by atoms with Crippen LogP contribution in [-0.4, -0.2) is 31.8 Å². The maximum absolute atomic E-state index is 11.9. The molecule has 4 heteroatoms. The molecule has 0 bridgehead atoms. The van der Waals surface area contributed by atoms with E-state index in [-0.39, 0.29) is 12.1 Å². The molecule has 0 atom stereocenters. The standard InChI is InChI=1S/C14H19NO3/c15-8-5-11-1-3-12(4-2-11)14(16)18-13-6-9-17-10-7-13/h1-4,13H,5-10,15H2. The second-order valence-electron chi connectivity index (χ2n) is 4.45. The van der Waals surface area contributed by atoms with Crippen molar-refractivity contribution in [2.45, 2.75) is 25.4 Å². The van der Waals surface area contributed by atoms with Crippen LogP contribution >= 0.6 is 0 Å². The highest BCUT2D eigenvalue weighted by Crippen LogP contribution is 2.14. The van der Waals surface area contributed by atoms with Crippen molar-refractivity contribution in [2.24, 2.45) is 5.73 Å². The number of esters is 1. The summed E-state index contributed by atoms with van der Waals surface area (Å²) in [5.74, 6) is -0.249. The molecule has 0 radical (unpaired) electrons. The van der Waals surface area contributed by atoms with Crippen molar-refractivity contribution < 1.29 is 14.3 Å². The quantitative estimate of drug-likeness (QED) is 0.822. The number of carbonyl (C=O) groups excluding carboxylic acids is 1. The molecule has 0 saturated carbocycles. The molecule has 0 aromatic heterocycles. The molecule has 2 rings (SSSR count). The molecule has 4 nitrogen and oxygen atoms in total. The van der Waals surface area contributed by atoms with Crippen molar-refractivity contribution in [3.8, 4) is 0 Å². The highest BCUT2D eigenvalue weighted by atomic mass is 16.6. The molecular weight excluding hydrogens is 230 g/mol. The van der Waals surface area contributed by atoms with Crippen molar-refractivity contribution in [3.63, 3.8) is 0 Å². The van der Waals surface area contributed by atoms with E-state index < -0.39 is 0 Å². The van der Waals surface area contributed by atoms with Gasteiger partial charge in [0.2, 0.25) is 0 Å². The summed E-state index contributed by atoms with van der Waals surface area (Å²) in [6, 6.07) is 7.44. The maximum atomic E-state index is 11.9. The third-order valence-corrected chi connectivity index (χ3v) is 3.06. The minimum absolute atomic E-state index is 0.00466. The van der Waals surface area contributed by atoms with Crippen molar-refractivity contribution in [2.75, 3.05) is 19.8 Å². The van der Waals surface area contributed by atoms with Gasteiger partial charge >= 0.3 is 5.97 Å². The van der Waals surface area contributed by atoms with Crippen LogP contribution in [0, 0.1) is 0 Å². The third kappa shape index (κ3) is 3.55. The Bertz CT molecular complexity index is 383. The van der Waals surface area contributed by atoms with Crippen LogP contribution in [0.25, 0.3) is 0 Å². The van der Waals surface area contributed by atoms with E-state index in [1.165, 1.54) is 0 Å². The molecule has 2 N–H and O–H groups in total. The molecule has 1 saturated heterocycles. The van der Waals surface area contributed by atoms with Gasteiger partial charge in [-0.15, -0.1) is 0 Å². The lowest BCUT2D eigenvalue weighted by Gasteiger charge is -2.22. The molecule has 1 aromatic rings. The number of rotatable bonds is 4. The van der Waals surface area contributed by atoms with E-state index in [9.17, 15) is 4.79 Å². The summed E-state index contributed by atoms with van der Waals surface area (Å²) in [6.45, 7) is 1.96. The van der Waals surface area contributed by atoms with Gasteiger partial charge in [-0.3, -0.25) is 0 Å². The van der Waals surface area contributed by atoms with Gasteiger partial charge in [0.1, 0.15) is 6.10 Å². The average molecular weight is 249 g/mol. The normalized spacial score (nSPS) is 16.5. The van der Waals surface area contributed by atoms with Gasteiger partial charge in [0, 0.05) is 12.8 Å². The zero-order valence-corrected chi connectivity index (χ0v) is 10.4. The number of nitrogens with two attached hydrogens (primary N) is 1. The summed E-state index contributed by atoms with van der Waals surface area (Å²) < 4.78 is 10.7. The zero-order chi connectivity index (χ0) is 12.8. The second-order valence-corrected chi connectivity index (χ2v) is 4.45. The van der Waals surface area contributed by atoms with Crippen molar-refractivity contribution in [1.82, 2.24) is 0 Å². The second kappa shape index (κ2) is 6.52. The summed E-state index contributed by atoms with van der Waals surface area (Å²) in [6.07, 6.45) is 2.40. The molecule has 0 unspecified atom stereocenters. The minimum atomic E-state index is -0.249. The van der Waals surface area contributed by atoms with E-state index in [2.05, 4.69) is 0 Å². The number of benzene rings is 1. The van der Waals surface area contributed by atoms with Crippen LogP contribution in [0.3, 0.4) is 0 Å². The molecule has 18 heavy (non-hydrogen) atoms. The van der Waals surface area contributed by atoms with Crippen LogP contribution < -0.4 is 5.73 Å².